The molecule has 2 unspecified atom stereocenters. The van der Waals surface area contributed by atoms with Crippen molar-refractivity contribution in [1.29, 1.82) is 0 Å². The van der Waals surface area contributed by atoms with Gasteiger partial charge in [-0.2, -0.15) is 0 Å². The fourth-order valence-corrected chi connectivity index (χ4v) is 7.29. The third kappa shape index (κ3) is 8.11. The number of rotatable bonds is 8. The van der Waals surface area contributed by atoms with E-state index in [0.717, 1.165) is 11.1 Å². The molecule has 0 aliphatic carbocycles. The third-order valence-corrected chi connectivity index (χ3v) is 9.96. The largest absolute Gasteiger partial charge is 0.391 e. The zero-order valence-electron chi connectivity index (χ0n) is 20.3. The first-order valence-corrected chi connectivity index (χ1v) is 16.8. The predicted octanol–water partition coefficient (Wildman–Crippen LogP) is 5.59. The molecule has 0 fully saturated rings. The van der Waals surface area contributed by atoms with E-state index in [1.807, 2.05) is 38.1 Å². The molecule has 3 atom stereocenters. The van der Waals surface area contributed by atoms with Crippen molar-refractivity contribution in [2.75, 3.05) is 0 Å². The van der Waals surface area contributed by atoms with E-state index in [-0.39, 0.29) is 5.41 Å². The van der Waals surface area contributed by atoms with Crippen LogP contribution >= 0.6 is 0 Å². The molecule has 0 aliphatic rings. The highest BCUT2D eigenvalue weighted by Gasteiger charge is 2.36. The van der Waals surface area contributed by atoms with E-state index in [1.54, 1.807) is 24.3 Å². The van der Waals surface area contributed by atoms with Crippen molar-refractivity contribution in [2.24, 2.45) is 5.41 Å². The molecule has 6 heteroatoms. The summed E-state index contributed by atoms with van der Waals surface area (Å²) >= 11 is 0. The third-order valence-electron chi connectivity index (χ3n) is 5.03. The average Bonchev–Trinajstić information content (AvgIpc) is 2.67. The molecule has 3 nitrogen and oxygen atoms in total. The summed E-state index contributed by atoms with van der Waals surface area (Å²) in [6.07, 6.45) is 0.00535. The molecule has 0 spiro atoms. The SMILES string of the molecule is Cc1ccc(S(=O)C([C@@H](O)CC(C)(C)CC#C[Si](C)(C)C)S(=O)c2ccc(C)cc2)cc1. The maximum Gasteiger partial charge on any atom is 0.145 e. The van der Waals surface area contributed by atoms with Crippen molar-refractivity contribution in [2.45, 2.75) is 80.7 Å². The first-order chi connectivity index (χ1) is 14.8. The van der Waals surface area contributed by atoms with Crippen LogP contribution in [0.3, 0.4) is 0 Å². The molecular weight excluding hydrogens is 453 g/mol. The van der Waals surface area contributed by atoms with Crippen LogP contribution in [0.4, 0.5) is 0 Å². The Morgan fingerprint density at radius 1 is 0.875 bits per heavy atom. The molecule has 0 heterocycles. The van der Waals surface area contributed by atoms with Crippen LogP contribution in [0.25, 0.3) is 0 Å². The summed E-state index contributed by atoms with van der Waals surface area (Å²) in [6.45, 7) is 14.6. The lowest BCUT2D eigenvalue weighted by molar-refractivity contribution is 0.127. The van der Waals surface area contributed by atoms with Gasteiger partial charge < -0.3 is 5.11 Å². The molecule has 0 aliphatic heterocycles. The van der Waals surface area contributed by atoms with E-state index in [0.29, 0.717) is 22.6 Å². The van der Waals surface area contributed by atoms with E-state index < -0.39 is 40.4 Å². The Balaban J connectivity index is 2.34. The van der Waals surface area contributed by atoms with Gasteiger partial charge in [-0.3, -0.25) is 8.42 Å². The predicted molar refractivity (Wildman–Crippen MR) is 139 cm³/mol. The van der Waals surface area contributed by atoms with Gasteiger partial charge in [0.1, 0.15) is 12.7 Å². The first kappa shape index (κ1) is 26.7. The Morgan fingerprint density at radius 2 is 1.28 bits per heavy atom. The van der Waals surface area contributed by atoms with Crippen LogP contribution < -0.4 is 0 Å². The van der Waals surface area contributed by atoms with Gasteiger partial charge in [0.15, 0.2) is 0 Å². The molecule has 0 amide bonds. The smallest absolute Gasteiger partial charge is 0.145 e. The molecule has 1 N–H and O–H groups in total. The lowest BCUT2D eigenvalue weighted by Crippen LogP contribution is -2.37. The Morgan fingerprint density at radius 3 is 1.66 bits per heavy atom. The quantitative estimate of drug-likeness (QED) is 0.389. The summed E-state index contributed by atoms with van der Waals surface area (Å²) in [5.74, 6) is 3.29. The minimum absolute atomic E-state index is 0.292. The fourth-order valence-electron chi connectivity index (χ4n) is 3.26. The Hall–Kier alpha value is -1.52. The Bertz CT molecular complexity index is 953. The van der Waals surface area contributed by atoms with Crippen molar-refractivity contribution >= 4 is 29.7 Å². The van der Waals surface area contributed by atoms with E-state index in [2.05, 4.69) is 45.0 Å². The topological polar surface area (TPSA) is 54.4 Å². The normalized spacial score (nSPS) is 15.9. The summed E-state index contributed by atoms with van der Waals surface area (Å²) in [5.41, 5.74) is 5.20. The van der Waals surface area contributed by atoms with Gasteiger partial charge in [-0.05, 0) is 49.9 Å². The molecule has 0 saturated heterocycles. The minimum atomic E-state index is -1.63. The minimum Gasteiger partial charge on any atom is -0.391 e. The van der Waals surface area contributed by atoms with Crippen molar-refractivity contribution < 1.29 is 13.5 Å². The van der Waals surface area contributed by atoms with Crippen LogP contribution in [0, 0.1) is 30.7 Å². The molecule has 0 saturated carbocycles. The number of hydrogen-bond donors (Lipinski definition) is 1. The highest BCUT2D eigenvalue weighted by atomic mass is 32.2. The van der Waals surface area contributed by atoms with E-state index in [9.17, 15) is 13.5 Å². The van der Waals surface area contributed by atoms with Crippen molar-refractivity contribution in [1.82, 2.24) is 0 Å². The maximum absolute atomic E-state index is 13.5. The second-order valence-corrected chi connectivity index (χ2v) is 18.5. The van der Waals surface area contributed by atoms with Crippen LogP contribution in [-0.2, 0) is 21.6 Å². The van der Waals surface area contributed by atoms with Crippen LogP contribution in [0.15, 0.2) is 58.3 Å². The lowest BCUT2D eigenvalue weighted by atomic mass is 9.84. The fraction of sp³-hybridized carbons (Fsp3) is 0.462. The van der Waals surface area contributed by atoms with Crippen LogP contribution in [0.2, 0.25) is 19.6 Å². The van der Waals surface area contributed by atoms with Crippen LogP contribution in [0.1, 0.15) is 37.8 Å². The molecule has 0 radical (unpaired) electrons. The van der Waals surface area contributed by atoms with Gasteiger partial charge in [0.05, 0.1) is 27.7 Å². The highest BCUT2D eigenvalue weighted by Crippen LogP contribution is 2.32. The Labute approximate surface area is 200 Å². The molecule has 2 rings (SSSR count). The van der Waals surface area contributed by atoms with E-state index in [1.165, 1.54) is 0 Å². The molecule has 174 valence electrons. The van der Waals surface area contributed by atoms with Gasteiger partial charge in [0.2, 0.25) is 0 Å². The van der Waals surface area contributed by atoms with Crippen molar-refractivity contribution in [3.05, 3.63) is 59.7 Å². The van der Waals surface area contributed by atoms with Crippen molar-refractivity contribution in [3.63, 3.8) is 0 Å². The monoisotopic (exact) mass is 488 g/mol. The summed E-state index contributed by atoms with van der Waals surface area (Å²) in [7, 11) is -4.73. The van der Waals surface area contributed by atoms with Gasteiger partial charge in [0, 0.05) is 16.2 Å². The number of hydrogen-bond acceptors (Lipinski definition) is 3. The number of aryl methyl sites for hydroxylation is 2. The maximum atomic E-state index is 13.5. The van der Waals surface area contributed by atoms with E-state index in [4.69, 9.17) is 0 Å². The highest BCUT2D eigenvalue weighted by molar-refractivity contribution is 8.03. The molecule has 0 bridgehead atoms. The second kappa shape index (κ2) is 11.1. The van der Waals surface area contributed by atoms with Gasteiger partial charge in [-0.15, -0.1) is 11.5 Å². The number of aliphatic hydroxyl groups is 1. The van der Waals surface area contributed by atoms with Gasteiger partial charge in [-0.1, -0.05) is 68.9 Å². The average molecular weight is 489 g/mol. The number of benzene rings is 2. The molecule has 2 aromatic rings. The second-order valence-electron chi connectivity index (χ2n) is 10.3. The summed E-state index contributed by atoms with van der Waals surface area (Å²) < 4.78 is 26.2. The summed E-state index contributed by atoms with van der Waals surface area (Å²) in [5, 5.41) is 11.3. The van der Waals surface area contributed by atoms with Gasteiger partial charge in [-0.25, -0.2) is 0 Å². The molecule has 32 heavy (non-hydrogen) atoms. The molecule has 0 aromatic heterocycles. The Kier molecular flexibility index (Phi) is 9.24. The lowest BCUT2D eigenvalue weighted by Gasteiger charge is -2.29. The van der Waals surface area contributed by atoms with Crippen LogP contribution in [-0.4, -0.2) is 32.3 Å². The first-order valence-electron chi connectivity index (χ1n) is 10.9. The van der Waals surface area contributed by atoms with Crippen molar-refractivity contribution in [3.8, 4) is 11.5 Å². The molecular formula is C26H36O3S2Si. The summed E-state index contributed by atoms with van der Waals surface area (Å²) in [4.78, 5) is 1.16. The standard InChI is InChI=1S/C26H36O3S2Si/c1-20-9-13-22(14-10-20)30(28)25(31(29)23-15-11-21(2)12-16-23)24(27)19-26(3,4)17-8-18-32(5,6)7/h9-16,24-25,27H,17,19H2,1-7H3/t24-,25?,30?,31?/m0/s1. The molecule has 2 aromatic carbocycles. The zero-order valence-corrected chi connectivity index (χ0v) is 22.9. The summed E-state index contributed by atoms with van der Waals surface area (Å²) in [6, 6.07) is 14.7. The zero-order chi connectivity index (χ0) is 24.1. The van der Waals surface area contributed by atoms with Gasteiger partial charge in [0.25, 0.3) is 0 Å². The number of aliphatic hydroxyl groups excluding tert-OH is 1. The van der Waals surface area contributed by atoms with Crippen LogP contribution in [0.5, 0.6) is 0 Å². The van der Waals surface area contributed by atoms with E-state index >= 15 is 0 Å². The van der Waals surface area contributed by atoms with Gasteiger partial charge >= 0.3 is 0 Å².